The molecule has 2 N–H and O–H groups in total. The lowest BCUT2D eigenvalue weighted by Crippen LogP contribution is -2.47. The second kappa shape index (κ2) is 23.7. The predicted octanol–water partition coefficient (Wildman–Crippen LogP) is 7.00. The second-order valence-electron chi connectivity index (χ2n) is 13.1. The van der Waals surface area contributed by atoms with Gasteiger partial charge in [-0.05, 0) is 43.4 Å². The molecule has 3 aromatic rings. The molecule has 0 aliphatic heterocycles. The van der Waals surface area contributed by atoms with E-state index in [1.807, 2.05) is 77.1 Å². The number of anilines is 1. The van der Waals surface area contributed by atoms with Gasteiger partial charge in [-0.25, -0.2) is 4.98 Å². The van der Waals surface area contributed by atoms with E-state index in [1.54, 1.807) is 32.1 Å². The summed E-state index contributed by atoms with van der Waals surface area (Å²) in [7, 11) is 3.17. The minimum Gasteiger partial charge on any atom is -0.499 e. The van der Waals surface area contributed by atoms with Gasteiger partial charge in [-0.2, -0.15) is 0 Å². The summed E-state index contributed by atoms with van der Waals surface area (Å²) in [6.45, 7) is 19.7. The molecule has 0 saturated carbocycles. The van der Waals surface area contributed by atoms with E-state index in [2.05, 4.69) is 46.0 Å². The largest absolute Gasteiger partial charge is 0.499 e. The van der Waals surface area contributed by atoms with Crippen LogP contribution in [0, 0.1) is 30.6 Å². The molecule has 1 amide bonds. The Hall–Kier alpha value is -4.69. The fraction of sp³-hybridized carbons (Fsp3) is 0.452. The second-order valence-corrected chi connectivity index (χ2v) is 13.1. The van der Waals surface area contributed by atoms with E-state index in [0.29, 0.717) is 24.5 Å². The molecule has 0 bridgehead atoms. The Balaban J connectivity index is 0.00000119. The summed E-state index contributed by atoms with van der Waals surface area (Å²) in [5.74, 6) is 2.09. The number of aliphatic hydroxyl groups is 1. The number of hydrogen-bond acceptors (Lipinski definition) is 8. The molecule has 0 aliphatic carbocycles. The molecule has 52 heavy (non-hydrogen) atoms. The Kier molecular flexibility index (Phi) is 20.7. The van der Waals surface area contributed by atoms with Gasteiger partial charge in [0.15, 0.2) is 5.89 Å². The van der Waals surface area contributed by atoms with Crippen LogP contribution in [0.5, 0.6) is 0 Å². The number of aliphatic hydroxyl groups excluding tert-OH is 1. The minimum atomic E-state index is -1.03. The molecule has 3 rings (SSSR count). The van der Waals surface area contributed by atoms with Crippen molar-refractivity contribution in [1.29, 1.82) is 0 Å². The first kappa shape index (κ1) is 45.3. The Bertz CT molecular complexity index is 1590. The van der Waals surface area contributed by atoms with Gasteiger partial charge in [-0.15, -0.1) is 18.9 Å². The van der Waals surface area contributed by atoms with E-state index in [-0.39, 0.29) is 56.1 Å². The van der Waals surface area contributed by atoms with Crippen LogP contribution in [0.2, 0.25) is 0 Å². The SMILES string of the molecule is C#CC.C=C(COC)OC.C=C[C@@H](C)CO[C@H](Cc1nc(Cc2ccccc2)c(CC(=O)O)o1)C(=O)N(CC(C)(C)CO)c1ccc(C)cc1CC. The van der Waals surface area contributed by atoms with Crippen LogP contribution >= 0.6 is 0 Å². The maximum atomic E-state index is 14.4. The Morgan fingerprint density at radius 2 is 1.83 bits per heavy atom. The van der Waals surface area contributed by atoms with Crippen LogP contribution < -0.4 is 4.90 Å². The van der Waals surface area contributed by atoms with Crippen LogP contribution in [0.25, 0.3) is 0 Å². The van der Waals surface area contributed by atoms with Crippen molar-refractivity contribution >= 4 is 17.6 Å². The lowest BCUT2D eigenvalue weighted by atomic mass is 9.92. The third-order valence-electron chi connectivity index (χ3n) is 7.73. The monoisotopic (exact) mass is 718 g/mol. The first-order valence-electron chi connectivity index (χ1n) is 17.3. The van der Waals surface area contributed by atoms with Crippen LogP contribution in [-0.2, 0) is 49.5 Å². The number of aryl methyl sites for hydroxylation is 2. The molecule has 1 heterocycles. The van der Waals surface area contributed by atoms with Gasteiger partial charge >= 0.3 is 5.97 Å². The maximum Gasteiger partial charge on any atom is 0.311 e. The highest BCUT2D eigenvalue weighted by Gasteiger charge is 2.34. The number of aliphatic carboxylic acids is 1. The predicted molar refractivity (Wildman–Crippen MR) is 206 cm³/mol. The fourth-order valence-electron chi connectivity index (χ4n) is 4.85. The molecule has 0 radical (unpaired) electrons. The van der Waals surface area contributed by atoms with Crippen molar-refractivity contribution in [2.45, 2.75) is 73.3 Å². The zero-order valence-corrected chi connectivity index (χ0v) is 32.2. The van der Waals surface area contributed by atoms with Crippen molar-refractivity contribution in [3.8, 4) is 12.3 Å². The van der Waals surface area contributed by atoms with Crippen LogP contribution in [-0.4, -0.2) is 73.8 Å². The number of methoxy groups -OCH3 is 2. The number of carboxylic acid groups (broad SMARTS) is 1. The summed E-state index contributed by atoms with van der Waals surface area (Å²) in [5.41, 5.74) is 3.79. The van der Waals surface area contributed by atoms with Crippen LogP contribution in [0.1, 0.15) is 68.7 Å². The maximum absolute atomic E-state index is 14.4. The molecular formula is C42H58N2O8. The first-order valence-corrected chi connectivity index (χ1v) is 17.3. The van der Waals surface area contributed by atoms with Crippen LogP contribution in [0.15, 0.2) is 77.9 Å². The third-order valence-corrected chi connectivity index (χ3v) is 7.73. The standard InChI is InChI=1S/C34H44N2O6.C5H10O2.C3H4/c1-7-23(3)20-41-30(18-31-35-27(29(42-31)19-32(38)39)17-25-12-10-9-11-13-25)33(40)36(21-34(5,6)22-37)28-15-14-24(4)16-26(28)8-2;1-5(7-3)4-6-2;1-3-2/h7,9-16,23,30,37H,1,8,17-22H2,2-6H3,(H,38,39);1,4H2,2-3H3;1H,2H3/t23-,30-;;/m1../s1. The molecule has 2 aromatic carbocycles. The van der Waals surface area contributed by atoms with Gasteiger partial charge in [-0.1, -0.05) is 88.4 Å². The van der Waals surface area contributed by atoms with E-state index in [9.17, 15) is 19.8 Å². The molecule has 10 heteroatoms. The molecular weight excluding hydrogens is 660 g/mol. The summed E-state index contributed by atoms with van der Waals surface area (Å²) < 4.78 is 21.5. The number of carbonyl (C=O) groups excluding carboxylic acids is 1. The molecule has 10 nitrogen and oxygen atoms in total. The fourth-order valence-corrected chi connectivity index (χ4v) is 4.85. The van der Waals surface area contributed by atoms with Crippen molar-refractivity contribution in [2.24, 2.45) is 11.3 Å². The number of nitrogens with zero attached hydrogens (tertiary/aromatic N) is 2. The molecule has 284 valence electrons. The Labute approximate surface area is 310 Å². The van der Waals surface area contributed by atoms with Crippen molar-refractivity contribution in [3.05, 3.63) is 108 Å². The van der Waals surface area contributed by atoms with Gasteiger partial charge in [-0.3, -0.25) is 9.59 Å². The highest BCUT2D eigenvalue weighted by molar-refractivity contribution is 5.97. The van der Waals surface area contributed by atoms with Crippen molar-refractivity contribution < 1.29 is 38.4 Å². The van der Waals surface area contributed by atoms with Gasteiger partial charge in [0.2, 0.25) is 0 Å². The molecule has 0 aliphatic rings. The Morgan fingerprint density at radius 3 is 2.35 bits per heavy atom. The number of hydrogen-bond donors (Lipinski definition) is 2. The van der Waals surface area contributed by atoms with Gasteiger partial charge < -0.3 is 33.7 Å². The molecule has 2 atom stereocenters. The van der Waals surface area contributed by atoms with Crippen molar-refractivity contribution in [1.82, 2.24) is 4.98 Å². The average molecular weight is 719 g/mol. The quantitative estimate of drug-likeness (QED) is 0.0765. The number of carboxylic acids is 1. The number of ether oxygens (including phenoxy) is 3. The summed E-state index contributed by atoms with van der Waals surface area (Å²) in [6.07, 6.45) is 6.22. The molecule has 0 spiro atoms. The molecule has 0 unspecified atom stereocenters. The van der Waals surface area contributed by atoms with E-state index in [4.69, 9.17) is 9.15 Å². The van der Waals surface area contributed by atoms with E-state index in [0.717, 1.165) is 28.8 Å². The Morgan fingerprint density at radius 1 is 1.17 bits per heavy atom. The summed E-state index contributed by atoms with van der Waals surface area (Å²) >= 11 is 0. The van der Waals surface area contributed by atoms with Gasteiger partial charge in [0.25, 0.3) is 5.91 Å². The molecule has 1 aromatic heterocycles. The zero-order valence-electron chi connectivity index (χ0n) is 32.2. The number of oxazole rings is 1. The van der Waals surface area contributed by atoms with Crippen molar-refractivity contribution in [2.75, 3.05) is 45.5 Å². The number of amides is 1. The normalized spacial score (nSPS) is 11.8. The number of rotatable bonds is 19. The highest BCUT2D eigenvalue weighted by Crippen LogP contribution is 2.29. The first-order chi connectivity index (χ1) is 24.7. The van der Waals surface area contributed by atoms with E-state index >= 15 is 0 Å². The summed E-state index contributed by atoms with van der Waals surface area (Å²) in [5, 5.41) is 19.6. The van der Waals surface area contributed by atoms with Gasteiger partial charge in [0, 0.05) is 37.8 Å². The molecule has 0 fully saturated rings. The third kappa shape index (κ3) is 16.1. The number of carbonyl (C=O) groups is 2. The smallest absolute Gasteiger partial charge is 0.311 e. The minimum absolute atomic E-state index is 0.00557. The number of aromatic nitrogens is 1. The van der Waals surface area contributed by atoms with Crippen molar-refractivity contribution in [3.63, 3.8) is 0 Å². The highest BCUT2D eigenvalue weighted by atomic mass is 16.5. The lowest BCUT2D eigenvalue weighted by Gasteiger charge is -2.35. The van der Waals surface area contributed by atoms with E-state index in [1.165, 1.54) is 0 Å². The summed E-state index contributed by atoms with van der Waals surface area (Å²) in [4.78, 5) is 32.4. The lowest BCUT2D eigenvalue weighted by molar-refractivity contribution is -0.136. The van der Waals surface area contributed by atoms with Gasteiger partial charge in [0.1, 0.15) is 30.7 Å². The zero-order chi connectivity index (χ0) is 39.3. The molecule has 0 saturated heterocycles. The summed E-state index contributed by atoms with van der Waals surface area (Å²) in [6, 6.07) is 15.6. The average Bonchev–Trinajstić information content (AvgIpc) is 3.48. The van der Waals surface area contributed by atoms with Crippen LogP contribution in [0.3, 0.4) is 0 Å². The topological polar surface area (TPSA) is 132 Å². The van der Waals surface area contributed by atoms with Gasteiger partial charge in [0.05, 0.1) is 25.8 Å². The van der Waals surface area contributed by atoms with Crippen LogP contribution in [0.4, 0.5) is 5.69 Å². The number of terminal acetylenes is 1. The number of benzene rings is 2. The van der Waals surface area contributed by atoms with E-state index < -0.39 is 17.5 Å².